The summed E-state index contributed by atoms with van der Waals surface area (Å²) >= 11 is 1.42. The Morgan fingerprint density at radius 3 is 2.81 bits per heavy atom. The van der Waals surface area contributed by atoms with E-state index in [9.17, 15) is 4.79 Å². The number of aromatic nitrogens is 1. The second-order valence-electron chi connectivity index (χ2n) is 6.43. The molecule has 0 atom stereocenters. The second kappa shape index (κ2) is 9.73. The molecule has 1 aliphatic heterocycles. The Balaban J connectivity index is 1.49. The van der Waals surface area contributed by atoms with E-state index in [0.717, 1.165) is 43.4 Å². The molecule has 1 aromatic heterocycles. The van der Waals surface area contributed by atoms with Gasteiger partial charge in [-0.05, 0) is 36.2 Å². The third kappa shape index (κ3) is 5.95. The molecule has 0 unspecified atom stereocenters. The van der Waals surface area contributed by atoms with Gasteiger partial charge in [0.05, 0.1) is 36.8 Å². The Morgan fingerprint density at radius 2 is 2.11 bits per heavy atom. The largest absolute Gasteiger partial charge is 0.495 e. The van der Waals surface area contributed by atoms with Crippen LogP contribution >= 0.6 is 11.8 Å². The minimum absolute atomic E-state index is 0.0805. The first-order chi connectivity index (χ1) is 13.1. The van der Waals surface area contributed by atoms with Crippen molar-refractivity contribution >= 4 is 23.4 Å². The molecule has 2 heterocycles. The van der Waals surface area contributed by atoms with E-state index >= 15 is 0 Å². The molecular weight excluding hydrogens is 362 g/mol. The lowest BCUT2D eigenvalue weighted by Gasteiger charge is -2.26. The normalized spacial score (nSPS) is 14.7. The lowest BCUT2D eigenvalue weighted by atomic mass is 10.2. The number of amides is 1. The molecule has 1 aliphatic rings. The quantitative estimate of drug-likeness (QED) is 0.737. The van der Waals surface area contributed by atoms with Gasteiger partial charge in [-0.1, -0.05) is 23.9 Å². The van der Waals surface area contributed by atoms with Crippen LogP contribution in [0.15, 0.2) is 41.6 Å². The zero-order valence-corrected chi connectivity index (χ0v) is 16.6. The van der Waals surface area contributed by atoms with Crippen LogP contribution in [0.3, 0.4) is 0 Å². The highest BCUT2D eigenvalue weighted by Gasteiger charge is 2.12. The van der Waals surface area contributed by atoms with Crippen molar-refractivity contribution in [3.8, 4) is 5.75 Å². The highest BCUT2D eigenvalue weighted by atomic mass is 32.2. The Hall–Kier alpha value is -2.09. The number of rotatable bonds is 7. The van der Waals surface area contributed by atoms with Crippen LogP contribution < -0.4 is 10.1 Å². The number of hydrogen-bond acceptors (Lipinski definition) is 6. The first-order valence-electron chi connectivity index (χ1n) is 8.96. The van der Waals surface area contributed by atoms with Gasteiger partial charge >= 0.3 is 0 Å². The van der Waals surface area contributed by atoms with Crippen molar-refractivity contribution in [3.63, 3.8) is 0 Å². The van der Waals surface area contributed by atoms with Crippen LogP contribution in [0.1, 0.15) is 11.1 Å². The van der Waals surface area contributed by atoms with Crippen molar-refractivity contribution < 1.29 is 14.3 Å². The predicted molar refractivity (Wildman–Crippen MR) is 107 cm³/mol. The molecule has 1 saturated heterocycles. The maximum Gasteiger partial charge on any atom is 0.234 e. The molecule has 0 aliphatic carbocycles. The van der Waals surface area contributed by atoms with E-state index in [0.29, 0.717) is 17.2 Å². The van der Waals surface area contributed by atoms with Crippen LogP contribution in [0.25, 0.3) is 0 Å². The Kier molecular flexibility index (Phi) is 7.09. The van der Waals surface area contributed by atoms with Gasteiger partial charge in [-0.3, -0.25) is 9.69 Å². The summed E-state index contributed by atoms with van der Waals surface area (Å²) in [5, 5.41) is 3.75. The summed E-state index contributed by atoms with van der Waals surface area (Å²) in [5.41, 5.74) is 2.93. The number of morpholine rings is 1. The standard InChI is InChI=1S/C20H25N3O3S/c1-15-3-5-18(25-2)17(11-15)22-19(24)14-27-20-6-4-16(12-21-20)13-23-7-9-26-10-8-23/h3-6,11-12H,7-10,13-14H2,1-2H3,(H,22,24). The summed E-state index contributed by atoms with van der Waals surface area (Å²) in [6, 6.07) is 9.76. The van der Waals surface area contributed by atoms with Crippen LogP contribution in [0.4, 0.5) is 5.69 Å². The van der Waals surface area contributed by atoms with Gasteiger partial charge in [-0.25, -0.2) is 4.98 Å². The van der Waals surface area contributed by atoms with E-state index in [4.69, 9.17) is 9.47 Å². The van der Waals surface area contributed by atoms with E-state index in [2.05, 4.69) is 21.3 Å². The zero-order chi connectivity index (χ0) is 19.1. The Labute approximate surface area is 164 Å². The van der Waals surface area contributed by atoms with E-state index in [-0.39, 0.29) is 5.91 Å². The van der Waals surface area contributed by atoms with Crippen LogP contribution in [0, 0.1) is 6.92 Å². The number of ether oxygens (including phenoxy) is 2. The van der Waals surface area contributed by atoms with Crippen molar-refractivity contribution in [1.29, 1.82) is 0 Å². The third-order valence-electron chi connectivity index (χ3n) is 4.29. The van der Waals surface area contributed by atoms with Gasteiger partial charge in [0.1, 0.15) is 5.75 Å². The predicted octanol–water partition coefficient (Wildman–Crippen LogP) is 2.96. The second-order valence-corrected chi connectivity index (χ2v) is 7.43. The topological polar surface area (TPSA) is 63.7 Å². The summed E-state index contributed by atoms with van der Waals surface area (Å²) in [7, 11) is 1.59. The number of benzene rings is 1. The number of methoxy groups -OCH3 is 1. The maximum atomic E-state index is 12.3. The Morgan fingerprint density at radius 1 is 1.30 bits per heavy atom. The zero-order valence-electron chi connectivity index (χ0n) is 15.7. The van der Waals surface area contributed by atoms with Gasteiger partial charge in [0.2, 0.25) is 5.91 Å². The minimum Gasteiger partial charge on any atom is -0.495 e. The van der Waals surface area contributed by atoms with Crippen LogP contribution in [0.5, 0.6) is 5.75 Å². The van der Waals surface area contributed by atoms with E-state index in [1.807, 2.05) is 37.4 Å². The lowest BCUT2D eigenvalue weighted by Crippen LogP contribution is -2.35. The fourth-order valence-electron chi connectivity index (χ4n) is 2.85. The molecule has 2 aromatic rings. The highest BCUT2D eigenvalue weighted by Crippen LogP contribution is 2.25. The van der Waals surface area contributed by atoms with E-state index < -0.39 is 0 Å². The summed E-state index contributed by atoms with van der Waals surface area (Å²) in [5.74, 6) is 0.875. The van der Waals surface area contributed by atoms with Gasteiger partial charge in [-0.2, -0.15) is 0 Å². The van der Waals surface area contributed by atoms with Crippen molar-refractivity contribution in [2.45, 2.75) is 18.5 Å². The lowest BCUT2D eigenvalue weighted by molar-refractivity contribution is -0.113. The molecule has 1 amide bonds. The van der Waals surface area contributed by atoms with Crippen LogP contribution in [-0.2, 0) is 16.1 Å². The summed E-state index contributed by atoms with van der Waals surface area (Å²) in [6.45, 7) is 6.36. The molecule has 7 heteroatoms. The average molecular weight is 388 g/mol. The molecule has 3 rings (SSSR count). The number of nitrogens with zero attached hydrogens (tertiary/aromatic N) is 2. The fourth-order valence-corrected chi connectivity index (χ4v) is 3.50. The molecule has 0 spiro atoms. The third-order valence-corrected chi connectivity index (χ3v) is 5.23. The van der Waals surface area contributed by atoms with Gasteiger partial charge in [0.15, 0.2) is 0 Å². The molecule has 144 valence electrons. The SMILES string of the molecule is COc1ccc(C)cc1NC(=O)CSc1ccc(CN2CCOCC2)cn1. The molecule has 1 N–H and O–H groups in total. The molecule has 0 saturated carbocycles. The number of aryl methyl sites for hydroxylation is 1. The smallest absolute Gasteiger partial charge is 0.234 e. The number of nitrogens with one attached hydrogen (secondary N) is 1. The van der Waals surface area contributed by atoms with Crippen molar-refractivity contribution in [1.82, 2.24) is 9.88 Å². The summed E-state index contributed by atoms with van der Waals surface area (Å²) in [6.07, 6.45) is 1.89. The number of carbonyl (C=O) groups excluding carboxylic acids is 1. The van der Waals surface area contributed by atoms with Gasteiger partial charge < -0.3 is 14.8 Å². The van der Waals surface area contributed by atoms with Crippen molar-refractivity contribution in [2.75, 3.05) is 44.5 Å². The first-order valence-corrected chi connectivity index (χ1v) is 9.95. The molecule has 1 aromatic carbocycles. The number of thioether (sulfide) groups is 1. The number of hydrogen-bond donors (Lipinski definition) is 1. The number of anilines is 1. The van der Waals surface area contributed by atoms with E-state index in [1.165, 1.54) is 17.3 Å². The molecule has 6 nitrogen and oxygen atoms in total. The first kappa shape index (κ1) is 19.7. The monoisotopic (exact) mass is 387 g/mol. The maximum absolute atomic E-state index is 12.3. The van der Waals surface area contributed by atoms with Gasteiger partial charge in [0.25, 0.3) is 0 Å². The summed E-state index contributed by atoms with van der Waals surface area (Å²) in [4.78, 5) is 19.1. The number of carbonyl (C=O) groups is 1. The summed E-state index contributed by atoms with van der Waals surface area (Å²) < 4.78 is 10.7. The average Bonchev–Trinajstić information content (AvgIpc) is 2.68. The molecular formula is C20H25N3O3S. The molecule has 27 heavy (non-hydrogen) atoms. The fraction of sp³-hybridized carbons (Fsp3) is 0.400. The molecule has 1 fully saturated rings. The minimum atomic E-state index is -0.0805. The van der Waals surface area contributed by atoms with Crippen LogP contribution in [-0.4, -0.2) is 55.0 Å². The highest BCUT2D eigenvalue weighted by molar-refractivity contribution is 7.99. The molecule has 0 bridgehead atoms. The molecule has 0 radical (unpaired) electrons. The van der Waals surface area contributed by atoms with Crippen molar-refractivity contribution in [3.05, 3.63) is 47.7 Å². The van der Waals surface area contributed by atoms with Crippen LogP contribution in [0.2, 0.25) is 0 Å². The van der Waals surface area contributed by atoms with E-state index in [1.54, 1.807) is 7.11 Å². The van der Waals surface area contributed by atoms with Gasteiger partial charge in [-0.15, -0.1) is 0 Å². The van der Waals surface area contributed by atoms with Gasteiger partial charge in [0, 0.05) is 25.8 Å². The Bertz CT molecular complexity index is 762. The van der Waals surface area contributed by atoms with Crippen molar-refractivity contribution in [2.24, 2.45) is 0 Å². The number of pyridine rings is 1.